The van der Waals surface area contributed by atoms with E-state index in [2.05, 4.69) is 9.97 Å². The standard InChI is InChI=1S/C33H41F2N3O6/c1-19-25(18-39)38-17-27(19)44-30-29(36-23-10-9-21(42-3)15-24(23)37-30)33(34,35)13-5-4-8-20-14-26(20)43-28(40)16-22(31(38)41)32(2)11-6-7-12-32/h9-10,15,18-20,22,25-27H,4-8,11-14,16-17H2,1-3H3/t19-,20+,22+,25+,26+,27-/m0/s1. The van der Waals surface area contributed by atoms with Crippen LogP contribution in [0.25, 0.3) is 11.0 Å². The van der Waals surface area contributed by atoms with Crippen molar-refractivity contribution in [1.82, 2.24) is 14.9 Å². The quantitative estimate of drug-likeness (QED) is 0.325. The first-order valence-corrected chi connectivity index (χ1v) is 15.9. The number of alkyl halides is 2. The van der Waals surface area contributed by atoms with Gasteiger partial charge in [-0.15, -0.1) is 0 Å². The van der Waals surface area contributed by atoms with E-state index in [0.29, 0.717) is 36.8 Å². The van der Waals surface area contributed by atoms with Gasteiger partial charge >= 0.3 is 5.97 Å². The Hall–Kier alpha value is -3.37. The molecular weight excluding hydrogens is 572 g/mol. The lowest BCUT2D eigenvalue weighted by molar-refractivity contribution is -0.154. The predicted octanol–water partition coefficient (Wildman–Crippen LogP) is 5.62. The number of carbonyl (C=O) groups excluding carboxylic acids is 3. The van der Waals surface area contributed by atoms with Crippen LogP contribution in [0.1, 0.15) is 83.7 Å². The van der Waals surface area contributed by atoms with Crippen molar-refractivity contribution < 1.29 is 37.4 Å². The highest BCUT2D eigenvalue weighted by molar-refractivity contribution is 5.87. The van der Waals surface area contributed by atoms with E-state index in [9.17, 15) is 14.4 Å². The molecule has 11 heteroatoms. The largest absolute Gasteiger partial charge is 0.497 e. The van der Waals surface area contributed by atoms with Crippen molar-refractivity contribution in [3.8, 4) is 11.6 Å². The third-order valence-corrected chi connectivity index (χ3v) is 10.4. The molecule has 1 saturated heterocycles. The summed E-state index contributed by atoms with van der Waals surface area (Å²) in [5.74, 6) is -4.89. The number of aldehydes is 1. The minimum atomic E-state index is -3.33. The highest BCUT2D eigenvalue weighted by Crippen LogP contribution is 2.48. The zero-order valence-corrected chi connectivity index (χ0v) is 25.6. The van der Waals surface area contributed by atoms with Crippen LogP contribution in [0.15, 0.2) is 18.2 Å². The second-order valence-electron chi connectivity index (χ2n) is 13.5. The van der Waals surface area contributed by atoms with Crippen LogP contribution in [-0.2, 0) is 25.0 Å². The van der Waals surface area contributed by atoms with Gasteiger partial charge in [0.05, 0.1) is 43.1 Å². The number of hydrogen-bond acceptors (Lipinski definition) is 8. The van der Waals surface area contributed by atoms with Gasteiger partial charge in [-0.3, -0.25) is 9.59 Å². The molecule has 6 rings (SSSR count). The van der Waals surface area contributed by atoms with Gasteiger partial charge in [0.2, 0.25) is 11.8 Å². The molecule has 44 heavy (non-hydrogen) atoms. The molecule has 2 aliphatic carbocycles. The van der Waals surface area contributed by atoms with Gasteiger partial charge in [-0.05, 0) is 55.6 Å². The molecular formula is C33H41F2N3O6. The van der Waals surface area contributed by atoms with Gasteiger partial charge in [-0.1, -0.05) is 33.1 Å². The Morgan fingerprint density at radius 1 is 1.02 bits per heavy atom. The van der Waals surface area contributed by atoms with Crippen molar-refractivity contribution in [3.05, 3.63) is 23.9 Å². The third kappa shape index (κ3) is 5.86. The highest BCUT2D eigenvalue weighted by Gasteiger charge is 2.51. The molecule has 0 spiro atoms. The van der Waals surface area contributed by atoms with Gasteiger partial charge in [0.25, 0.3) is 5.92 Å². The lowest BCUT2D eigenvalue weighted by Gasteiger charge is -2.36. The summed E-state index contributed by atoms with van der Waals surface area (Å²) in [5, 5.41) is 0. The smallest absolute Gasteiger partial charge is 0.306 e. The molecule has 238 valence electrons. The van der Waals surface area contributed by atoms with Crippen LogP contribution in [0.4, 0.5) is 8.78 Å². The number of ether oxygens (including phenoxy) is 3. The first kappa shape index (κ1) is 30.6. The summed E-state index contributed by atoms with van der Waals surface area (Å²) in [5.41, 5.74) is -0.343. The van der Waals surface area contributed by atoms with Crippen molar-refractivity contribution in [2.45, 2.75) is 102 Å². The Labute approximate surface area is 256 Å². The zero-order valence-electron chi connectivity index (χ0n) is 25.6. The molecule has 9 nitrogen and oxygen atoms in total. The highest BCUT2D eigenvalue weighted by atomic mass is 19.3. The Bertz CT molecular complexity index is 1430. The van der Waals surface area contributed by atoms with Crippen LogP contribution < -0.4 is 9.47 Å². The molecule has 3 heterocycles. The number of aromatic nitrogens is 2. The summed E-state index contributed by atoms with van der Waals surface area (Å²) in [4.78, 5) is 50.2. The Kier molecular flexibility index (Phi) is 8.26. The number of hydrogen-bond donors (Lipinski definition) is 0. The van der Waals surface area contributed by atoms with Crippen molar-refractivity contribution in [1.29, 1.82) is 0 Å². The van der Waals surface area contributed by atoms with E-state index in [1.165, 1.54) is 12.0 Å². The number of carbonyl (C=O) groups is 3. The summed E-state index contributed by atoms with van der Waals surface area (Å²) >= 11 is 0. The molecule has 2 saturated carbocycles. The van der Waals surface area contributed by atoms with Gasteiger partial charge in [0, 0.05) is 18.4 Å². The molecule has 0 unspecified atom stereocenters. The van der Waals surface area contributed by atoms with E-state index < -0.39 is 53.4 Å². The summed E-state index contributed by atoms with van der Waals surface area (Å²) in [7, 11) is 1.50. The molecule has 6 atom stereocenters. The van der Waals surface area contributed by atoms with Gasteiger partial charge in [0.1, 0.15) is 24.2 Å². The average molecular weight is 614 g/mol. The first-order chi connectivity index (χ1) is 21.0. The van der Waals surface area contributed by atoms with E-state index in [0.717, 1.165) is 25.7 Å². The second-order valence-corrected chi connectivity index (χ2v) is 13.5. The first-order valence-electron chi connectivity index (χ1n) is 15.9. The van der Waals surface area contributed by atoms with E-state index in [-0.39, 0.29) is 48.7 Å². The molecule has 1 amide bonds. The van der Waals surface area contributed by atoms with Crippen LogP contribution in [0.5, 0.6) is 11.6 Å². The average Bonchev–Trinajstić information content (AvgIpc) is 3.43. The van der Waals surface area contributed by atoms with Crippen LogP contribution in [0.2, 0.25) is 0 Å². The Balaban J connectivity index is 1.39. The molecule has 3 fully saturated rings. The lowest BCUT2D eigenvalue weighted by atomic mass is 9.73. The molecule has 2 bridgehead atoms. The van der Waals surface area contributed by atoms with E-state index in [1.54, 1.807) is 25.1 Å². The summed E-state index contributed by atoms with van der Waals surface area (Å²) in [6.45, 7) is 3.81. The van der Waals surface area contributed by atoms with Crippen LogP contribution in [0, 0.1) is 23.2 Å². The van der Waals surface area contributed by atoms with Crippen molar-refractivity contribution in [2.24, 2.45) is 23.2 Å². The second kappa shape index (κ2) is 11.9. The predicted molar refractivity (Wildman–Crippen MR) is 156 cm³/mol. The van der Waals surface area contributed by atoms with Gasteiger partial charge in [-0.25, -0.2) is 9.97 Å². The van der Waals surface area contributed by atoms with E-state index >= 15 is 8.78 Å². The van der Waals surface area contributed by atoms with Crippen LogP contribution >= 0.6 is 0 Å². The molecule has 4 aliphatic rings. The lowest BCUT2D eigenvalue weighted by Crippen LogP contribution is -2.47. The van der Waals surface area contributed by atoms with E-state index in [4.69, 9.17) is 14.2 Å². The number of fused-ring (bicyclic) bond motifs is 5. The van der Waals surface area contributed by atoms with Crippen LogP contribution in [0.3, 0.4) is 0 Å². The maximum Gasteiger partial charge on any atom is 0.306 e. The molecule has 2 aromatic rings. The number of nitrogens with zero attached hydrogens (tertiary/aromatic N) is 3. The monoisotopic (exact) mass is 613 g/mol. The SMILES string of the molecule is COc1ccc2nc3c(nc2c1)O[C@H]1CN(C(=O)[C@H](C2(C)CCCC2)CC(=O)O[C@@H]2C[C@H]2CCCCC3(F)F)[C@H](C=O)[C@@H]1C. The zero-order chi connectivity index (χ0) is 31.2. The van der Waals surface area contributed by atoms with Gasteiger partial charge in [-0.2, -0.15) is 8.78 Å². The molecule has 0 N–H and O–H groups in total. The third-order valence-electron chi connectivity index (χ3n) is 10.4. The normalized spacial score (nSPS) is 32.1. The summed E-state index contributed by atoms with van der Waals surface area (Å²) in [6.07, 6.45) is 4.88. The number of halogens is 2. The number of amides is 1. The number of methoxy groups -OCH3 is 1. The van der Waals surface area contributed by atoms with Crippen molar-refractivity contribution in [2.75, 3.05) is 13.7 Å². The van der Waals surface area contributed by atoms with Crippen molar-refractivity contribution >= 4 is 29.2 Å². The summed E-state index contributed by atoms with van der Waals surface area (Å²) in [6, 6.07) is 3.99. The fraction of sp³-hybridized carbons (Fsp3) is 0.667. The maximum absolute atomic E-state index is 15.9. The summed E-state index contributed by atoms with van der Waals surface area (Å²) < 4.78 is 49.1. The number of rotatable bonds is 3. The van der Waals surface area contributed by atoms with E-state index in [1.807, 2.05) is 6.92 Å². The molecule has 2 aliphatic heterocycles. The van der Waals surface area contributed by atoms with Gasteiger partial charge < -0.3 is 23.9 Å². The number of esters is 1. The fourth-order valence-corrected chi connectivity index (χ4v) is 7.46. The maximum atomic E-state index is 15.9. The molecule has 1 aromatic heterocycles. The Morgan fingerprint density at radius 3 is 2.50 bits per heavy atom. The molecule has 1 aromatic carbocycles. The number of benzene rings is 1. The minimum absolute atomic E-state index is 0.00142. The van der Waals surface area contributed by atoms with Crippen molar-refractivity contribution in [3.63, 3.8) is 0 Å². The van der Waals surface area contributed by atoms with Crippen LogP contribution in [-0.4, -0.2) is 64.9 Å². The fourth-order valence-electron chi connectivity index (χ4n) is 7.46. The van der Waals surface area contributed by atoms with Gasteiger partial charge in [0.15, 0.2) is 5.69 Å². The minimum Gasteiger partial charge on any atom is -0.497 e. The Morgan fingerprint density at radius 2 is 1.77 bits per heavy atom. The molecule has 0 radical (unpaired) electrons. The topological polar surface area (TPSA) is 108 Å².